The highest BCUT2D eigenvalue weighted by Gasteiger charge is 2.25. The van der Waals surface area contributed by atoms with Crippen molar-refractivity contribution in [2.45, 2.75) is 32.9 Å². The van der Waals surface area contributed by atoms with E-state index >= 15 is 0 Å². The average molecular weight is 289 g/mol. The lowest BCUT2D eigenvalue weighted by Crippen LogP contribution is -2.11. The number of halogens is 3. The molecule has 104 valence electrons. The van der Waals surface area contributed by atoms with Crippen molar-refractivity contribution in [1.82, 2.24) is 9.97 Å². The number of anilines is 1. The molecule has 0 atom stereocenters. The maximum atomic E-state index is 12.1. The molecule has 0 unspecified atom stereocenters. The normalized spacial score (nSPS) is 12.1. The lowest BCUT2D eigenvalue weighted by atomic mass is 10.3. The number of aryl methyl sites for hydroxylation is 2. The van der Waals surface area contributed by atoms with Crippen LogP contribution in [0.2, 0.25) is 0 Å². The summed E-state index contributed by atoms with van der Waals surface area (Å²) < 4.78 is 36.2. The molecule has 19 heavy (non-hydrogen) atoms. The number of fused-ring (bicyclic) bond motifs is 1. The Balaban J connectivity index is 2.07. The first-order valence-corrected chi connectivity index (χ1v) is 6.72. The highest BCUT2D eigenvalue weighted by atomic mass is 32.1. The van der Waals surface area contributed by atoms with Crippen molar-refractivity contribution in [3.8, 4) is 0 Å². The molecule has 0 aliphatic carbocycles. The van der Waals surface area contributed by atoms with E-state index in [1.807, 2.05) is 13.0 Å². The summed E-state index contributed by atoms with van der Waals surface area (Å²) in [4.78, 5) is 10.5. The molecule has 0 aliphatic heterocycles. The molecule has 0 saturated carbocycles. The minimum atomic E-state index is -4.10. The smallest absolute Gasteiger partial charge is 0.369 e. The van der Waals surface area contributed by atoms with Crippen molar-refractivity contribution in [2.24, 2.45) is 0 Å². The summed E-state index contributed by atoms with van der Waals surface area (Å²) >= 11 is 1.55. The molecule has 3 nitrogen and oxygen atoms in total. The van der Waals surface area contributed by atoms with Crippen LogP contribution in [-0.2, 0) is 0 Å². The lowest BCUT2D eigenvalue weighted by molar-refractivity contribution is -0.134. The molecule has 7 heteroatoms. The van der Waals surface area contributed by atoms with Crippen LogP contribution in [0.3, 0.4) is 0 Å². The topological polar surface area (TPSA) is 37.8 Å². The van der Waals surface area contributed by atoms with Crippen molar-refractivity contribution >= 4 is 27.4 Å². The van der Waals surface area contributed by atoms with Gasteiger partial charge in [-0.1, -0.05) is 0 Å². The standard InChI is InChI=1S/C12H14F3N3S/c1-7-6-9-10(16-5-3-4-12(13,14)15)17-8(2)18-11(9)19-7/h6H,3-5H2,1-2H3,(H,16,17,18). The van der Waals surface area contributed by atoms with Crippen LogP contribution >= 0.6 is 11.3 Å². The van der Waals surface area contributed by atoms with E-state index in [0.717, 1.165) is 15.1 Å². The minimum absolute atomic E-state index is 0.0389. The third-order valence-electron chi connectivity index (χ3n) is 2.56. The zero-order chi connectivity index (χ0) is 14.0. The molecule has 0 bridgehead atoms. The Morgan fingerprint density at radius 1 is 1.26 bits per heavy atom. The molecule has 2 aromatic rings. The van der Waals surface area contributed by atoms with Gasteiger partial charge in [-0.3, -0.25) is 0 Å². The summed E-state index contributed by atoms with van der Waals surface area (Å²) in [5.74, 6) is 1.24. The second kappa shape index (κ2) is 5.32. The molecule has 0 aromatic carbocycles. The monoisotopic (exact) mass is 289 g/mol. The first kappa shape index (κ1) is 14.0. The maximum Gasteiger partial charge on any atom is 0.389 e. The van der Waals surface area contributed by atoms with Gasteiger partial charge in [0.25, 0.3) is 0 Å². The fourth-order valence-electron chi connectivity index (χ4n) is 1.78. The van der Waals surface area contributed by atoms with Crippen molar-refractivity contribution in [1.29, 1.82) is 0 Å². The predicted molar refractivity (Wildman–Crippen MR) is 70.7 cm³/mol. The second-order valence-corrected chi connectivity index (χ2v) is 5.58. The fourth-order valence-corrected chi connectivity index (χ4v) is 2.70. The van der Waals surface area contributed by atoms with E-state index in [-0.39, 0.29) is 13.0 Å². The van der Waals surface area contributed by atoms with Gasteiger partial charge in [0, 0.05) is 17.8 Å². The quantitative estimate of drug-likeness (QED) is 0.862. The van der Waals surface area contributed by atoms with E-state index < -0.39 is 12.6 Å². The van der Waals surface area contributed by atoms with Gasteiger partial charge in [0.2, 0.25) is 0 Å². The van der Waals surface area contributed by atoms with Gasteiger partial charge in [-0.05, 0) is 26.3 Å². The van der Waals surface area contributed by atoms with Gasteiger partial charge in [-0.2, -0.15) is 13.2 Å². The van der Waals surface area contributed by atoms with Crippen LogP contribution in [0.15, 0.2) is 6.07 Å². The van der Waals surface area contributed by atoms with Crippen LogP contribution in [0, 0.1) is 13.8 Å². The van der Waals surface area contributed by atoms with Crippen LogP contribution < -0.4 is 5.32 Å². The summed E-state index contributed by atoms with van der Waals surface area (Å²) in [6, 6.07) is 1.95. The maximum absolute atomic E-state index is 12.1. The Bertz CT molecular complexity index is 577. The lowest BCUT2D eigenvalue weighted by Gasteiger charge is -2.09. The van der Waals surface area contributed by atoms with Gasteiger partial charge < -0.3 is 5.32 Å². The molecule has 0 saturated heterocycles. The molecule has 2 rings (SSSR count). The van der Waals surface area contributed by atoms with E-state index in [4.69, 9.17) is 0 Å². The Morgan fingerprint density at radius 2 is 2.00 bits per heavy atom. The van der Waals surface area contributed by atoms with Gasteiger partial charge in [0.15, 0.2) is 0 Å². The van der Waals surface area contributed by atoms with Crippen LogP contribution in [-0.4, -0.2) is 22.7 Å². The largest absolute Gasteiger partial charge is 0.389 e. The van der Waals surface area contributed by atoms with Gasteiger partial charge in [0.1, 0.15) is 16.5 Å². The van der Waals surface area contributed by atoms with Gasteiger partial charge >= 0.3 is 6.18 Å². The number of nitrogens with zero attached hydrogens (tertiary/aromatic N) is 2. The van der Waals surface area contributed by atoms with Crippen LogP contribution in [0.1, 0.15) is 23.5 Å². The Kier molecular flexibility index (Phi) is 3.93. The number of hydrogen-bond donors (Lipinski definition) is 1. The number of alkyl halides is 3. The highest BCUT2D eigenvalue weighted by Crippen LogP contribution is 2.28. The van der Waals surface area contributed by atoms with Crippen LogP contribution in [0.5, 0.6) is 0 Å². The summed E-state index contributed by atoms with van der Waals surface area (Å²) in [6.45, 7) is 3.99. The molecular weight excluding hydrogens is 275 g/mol. The highest BCUT2D eigenvalue weighted by molar-refractivity contribution is 7.18. The molecular formula is C12H14F3N3S. The summed E-state index contributed by atoms with van der Waals surface area (Å²) in [5, 5.41) is 3.85. The van der Waals surface area contributed by atoms with Crippen molar-refractivity contribution < 1.29 is 13.2 Å². The molecule has 0 amide bonds. The summed E-state index contributed by atoms with van der Waals surface area (Å²) in [6.07, 6.45) is -4.84. The third kappa shape index (κ3) is 3.79. The summed E-state index contributed by atoms with van der Waals surface area (Å²) in [7, 11) is 0. The molecule has 1 N–H and O–H groups in total. The van der Waals surface area contributed by atoms with E-state index in [9.17, 15) is 13.2 Å². The molecule has 0 aliphatic rings. The number of thiophene rings is 1. The zero-order valence-corrected chi connectivity index (χ0v) is 11.5. The van der Waals surface area contributed by atoms with Crippen molar-refractivity contribution in [2.75, 3.05) is 11.9 Å². The molecule has 0 spiro atoms. The van der Waals surface area contributed by atoms with Gasteiger partial charge in [0.05, 0.1) is 5.39 Å². The number of nitrogens with one attached hydrogen (secondary N) is 1. The minimum Gasteiger partial charge on any atom is -0.369 e. The first-order chi connectivity index (χ1) is 8.85. The van der Waals surface area contributed by atoms with Gasteiger partial charge in [-0.15, -0.1) is 11.3 Å². The molecule has 0 radical (unpaired) electrons. The van der Waals surface area contributed by atoms with E-state index in [1.54, 1.807) is 18.3 Å². The molecule has 2 heterocycles. The molecule has 2 aromatic heterocycles. The number of aromatic nitrogens is 2. The van der Waals surface area contributed by atoms with E-state index in [0.29, 0.717) is 11.6 Å². The van der Waals surface area contributed by atoms with Crippen molar-refractivity contribution in [3.63, 3.8) is 0 Å². The van der Waals surface area contributed by atoms with E-state index in [2.05, 4.69) is 15.3 Å². The third-order valence-corrected chi connectivity index (χ3v) is 3.50. The van der Waals surface area contributed by atoms with Crippen LogP contribution in [0.25, 0.3) is 10.2 Å². The Morgan fingerprint density at radius 3 is 2.68 bits per heavy atom. The number of hydrogen-bond acceptors (Lipinski definition) is 4. The van der Waals surface area contributed by atoms with E-state index in [1.165, 1.54) is 0 Å². The van der Waals surface area contributed by atoms with Crippen LogP contribution in [0.4, 0.5) is 19.0 Å². The predicted octanol–water partition coefficient (Wildman–Crippen LogP) is 4.06. The van der Waals surface area contributed by atoms with Crippen molar-refractivity contribution in [3.05, 3.63) is 16.8 Å². The second-order valence-electron chi connectivity index (χ2n) is 4.34. The Labute approximate surface area is 112 Å². The first-order valence-electron chi connectivity index (χ1n) is 5.90. The zero-order valence-electron chi connectivity index (χ0n) is 10.6. The van der Waals surface area contributed by atoms with Gasteiger partial charge in [-0.25, -0.2) is 9.97 Å². The molecule has 0 fully saturated rings. The average Bonchev–Trinajstić information content (AvgIpc) is 2.63. The fraction of sp³-hybridized carbons (Fsp3) is 0.500. The number of rotatable bonds is 4. The Hall–Kier alpha value is -1.37. The SMILES string of the molecule is Cc1nc(NCCCC(F)(F)F)c2cc(C)sc2n1. The summed E-state index contributed by atoms with van der Waals surface area (Å²) in [5.41, 5.74) is 0.